The molecule has 0 aliphatic carbocycles. The fraction of sp³-hybridized carbons (Fsp3) is 0.500. The number of unbranched alkanes of at least 4 members (excludes halogenated alkanes) is 1. The first-order valence-electron chi connectivity index (χ1n) is 8.64. The molecule has 2 amide bonds. The van der Waals surface area contributed by atoms with Gasteiger partial charge in [0.25, 0.3) is 5.91 Å². The molecular formula is C18H24N4O3. The zero-order valence-corrected chi connectivity index (χ0v) is 14.9. The van der Waals surface area contributed by atoms with Crippen LogP contribution < -0.4 is 4.74 Å². The third-order valence-electron chi connectivity index (χ3n) is 4.78. The fourth-order valence-electron chi connectivity index (χ4n) is 3.25. The maximum Gasteiger partial charge on any atom is 0.275 e. The van der Waals surface area contributed by atoms with Gasteiger partial charge >= 0.3 is 0 Å². The van der Waals surface area contributed by atoms with Crippen LogP contribution in [-0.2, 0) is 4.79 Å². The summed E-state index contributed by atoms with van der Waals surface area (Å²) in [5, 5.41) is 7.81. The Morgan fingerprint density at radius 1 is 1.40 bits per heavy atom. The topological polar surface area (TPSA) is 78.5 Å². The van der Waals surface area contributed by atoms with Gasteiger partial charge in [0, 0.05) is 25.5 Å². The number of benzene rings is 1. The highest BCUT2D eigenvalue weighted by Crippen LogP contribution is 2.25. The van der Waals surface area contributed by atoms with E-state index < -0.39 is 6.04 Å². The van der Waals surface area contributed by atoms with Crippen molar-refractivity contribution in [3.05, 3.63) is 23.9 Å². The summed E-state index contributed by atoms with van der Waals surface area (Å²) in [7, 11) is 3.38. The van der Waals surface area contributed by atoms with Crippen LogP contribution in [-0.4, -0.2) is 65.1 Å². The van der Waals surface area contributed by atoms with Crippen LogP contribution in [0.25, 0.3) is 10.9 Å². The zero-order chi connectivity index (χ0) is 18.0. The second-order valence-electron chi connectivity index (χ2n) is 6.40. The van der Waals surface area contributed by atoms with Crippen molar-refractivity contribution in [2.75, 3.05) is 27.2 Å². The zero-order valence-electron chi connectivity index (χ0n) is 14.9. The number of carbonyl (C=O) groups is 2. The summed E-state index contributed by atoms with van der Waals surface area (Å²) in [5.74, 6) is 0.465. The van der Waals surface area contributed by atoms with E-state index in [1.54, 1.807) is 30.0 Å². The summed E-state index contributed by atoms with van der Waals surface area (Å²) in [4.78, 5) is 29.1. The highest BCUT2D eigenvalue weighted by atomic mass is 16.5. The van der Waals surface area contributed by atoms with Gasteiger partial charge < -0.3 is 14.5 Å². The molecule has 25 heavy (non-hydrogen) atoms. The molecule has 134 valence electrons. The lowest BCUT2D eigenvalue weighted by molar-refractivity contribution is -0.138. The average Bonchev–Trinajstić information content (AvgIpc) is 3.05. The minimum absolute atomic E-state index is 0.00507. The number of likely N-dealkylation sites (N-methyl/N-ethyl adjacent to an activating group) is 1. The Labute approximate surface area is 146 Å². The van der Waals surface area contributed by atoms with E-state index in [-0.39, 0.29) is 11.8 Å². The van der Waals surface area contributed by atoms with Crippen LogP contribution in [0.1, 0.15) is 36.7 Å². The number of hydrogen-bond acceptors (Lipinski definition) is 4. The molecular weight excluding hydrogens is 320 g/mol. The Morgan fingerprint density at radius 3 is 2.92 bits per heavy atom. The number of hydrogen-bond donors (Lipinski definition) is 1. The number of carbonyl (C=O) groups excluding carboxylic acids is 2. The van der Waals surface area contributed by atoms with Crippen LogP contribution >= 0.6 is 0 Å². The number of fused-ring (bicyclic) bond motifs is 1. The monoisotopic (exact) mass is 344 g/mol. The fourth-order valence-corrected chi connectivity index (χ4v) is 3.25. The number of methoxy groups -OCH3 is 1. The van der Waals surface area contributed by atoms with E-state index in [0.29, 0.717) is 36.3 Å². The van der Waals surface area contributed by atoms with E-state index in [9.17, 15) is 9.59 Å². The van der Waals surface area contributed by atoms with Gasteiger partial charge in [0.05, 0.1) is 12.6 Å². The van der Waals surface area contributed by atoms with Gasteiger partial charge in [-0.25, -0.2) is 0 Å². The first kappa shape index (κ1) is 17.3. The van der Waals surface area contributed by atoms with E-state index in [2.05, 4.69) is 17.1 Å². The molecule has 1 unspecified atom stereocenters. The van der Waals surface area contributed by atoms with Gasteiger partial charge in [0.1, 0.15) is 11.8 Å². The van der Waals surface area contributed by atoms with E-state index in [0.717, 1.165) is 18.4 Å². The van der Waals surface area contributed by atoms with Crippen molar-refractivity contribution < 1.29 is 14.3 Å². The molecule has 1 fully saturated rings. The number of nitrogens with zero attached hydrogens (tertiary/aromatic N) is 3. The normalized spacial score (nSPS) is 18.0. The van der Waals surface area contributed by atoms with Gasteiger partial charge in [-0.15, -0.1) is 0 Å². The minimum atomic E-state index is -0.413. The second kappa shape index (κ2) is 7.13. The lowest BCUT2D eigenvalue weighted by Gasteiger charge is -2.39. The summed E-state index contributed by atoms with van der Waals surface area (Å²) >= 11 is 0. The maximum absolute atomic E-state index is 13.1. The van der Waals surface area contributed by atoms with Crippen LogP contribution in [0, 0.1) is 0 Å². The van der Waals surface area contributed by atoms with Gasteiger partial charge in [-0.2, -0.15) is 5.10 Å². The van der Waals surface area contributed by atoms with Crippen LogP contribution in [0.2, 0.25) is 0 Å². The second-order valence-corrected chi connectivity index (χ2v) is 6.40. The number of piperazine rings is 1. The van der Waals surface area contributed by atoms with Crippen LogP contribution in [0.15, 0.2) is 18.2 Å². The van der Waals surface area contributed by atoms with Gasteiger partial charge in [0.15, 0.2) is 5.69 Å². The first-order valence-corrected chi connectivity index (χ1v) is 8.64. The predicted octanol–water partition coefficient (Wildman–Crippen LogP) is 2.04. The van der Waals surface area contributed by atoms with Crippen molar-refractivity contribution in [2.45, 2.75) is 32.2 Å². The van der Waals surface area contributed by atoms with Crippen LogP contribution in [0.4, 0.5) is 0 Å². The largest absolute Gasteiger partial charge is 0.497 e. The number of nitrogens with one attached hydrogen (secondary N) is 1. The number of aromatic nitrogens is 2. The molecule has 1 aromatic heterocycles. The standard InChI is InChI=1S/C18H24N4O3/c1-4-5-6-15-17(23)21(2)9-10-22(15)18(24)16-13-11-12(25-3)7-8-14(13)19-20-16/h7-8,11,15H,4-6,9-10H2,1-3H3,(H,19,20). The lowest BCUT2D eigenvalue weighted by atomic mass is 10.0. The molecule has 2 aromatic rings. The number of H-pyrrole nitrogens is 1. The van der Waals surface area contributed by atoms with Crippen molar-refractivity contribution >= 4 is 22.7 Å². The average molecular weight is 344 g/mol. The van der Waals surface area contributed by atoms with E-state index >= 15 is 0 Å². The number of ether oxygens (including phenoxy) is 1. The third-order valence-corrected chi connectivity index (χ3v) is 4.78. The van der Waals surface area contributed by atoms with Crippen LogP contribution in [0.3, 0.4) is 0 Å². The van der Waals surface area contributed by atoms with Crippen molar-refractivity contribution in [1.29, 1.82) is 0 Å². The number of aromatic amines is 1. The molecule has 0 spiro atoms. The number of amides is 2. The Bertz CT molecular complexity index is 786. The van der Waals surface area contributed by atoms with Gasteiger partial charge in [-0.3, -0.25) is 14.7 Å². The Kier molecular flexibility index (Phi) is 4.92. The van der Waals surface area contributed by atoms with Crippen LogP contribution in [0.5, 0.6) is 5.75 Å². The molecule has 0 saturated carbocycles. The molecule has 0 radical (unpaired) electrons. The quantitative estimate of drug-likeness (QED) is 0.900. The Morgan fingerprint density at radius 2 is 2.20 bits per heavy atom. The summed E-state index contributed by atoms with van der Waals surface area (Å²) in [6.45, 7) is 3.14. The molecule has 7 nitrogen and oxygen atoms in total. The first-order chi connectivity index (χ1) is 12.1. The van der Waals surface area contributed by atoms with E-state index in [1.165, 1.54) is 0 Å². The molecule has 2 heterocycles. The molecule has 1 aliphatic rings. The van der Waals surface area contributed by atoms with Gasteiger partial charge in [0.2, 0.25) is 5.91 Å². The third kappa shape index (κ3) is 3.18. The van der Waals surface area contributed by atoms with E-state index in [4.69, 9.17) is 4.74 Å². The minimum Gasteiger partial charge on any atom is -0.497 e. The molecule has 1 aromatic carbocycles. The maximum atomic E-state index is 13.1. The Balaban J connectivity index is 1.94. The molecule has 1 atom stereocenters. The molecule has 1 N–H and O–H groups in total. The molecule has 1 saturated heterocycles. The van der Waals surface area contributed by atoms with Crippen molar-refractivity contribution in [3.63, 3.8) is 0 Å². The lowest BCUT2D eigenvalue weighted by Crippen LogP contribution is -2.57. The van der Waals surface area contributed by atoms with Gasteiger partial charge in [-0.05, 0) is 24.6 Å². The van der Waals surface area contributed by atoms with E-state index in [1.807, 2.05) is 12.1 Å². The Hall–Kier alpha value is -2.57. The molecule has 0 bridgehead atoms. The SMILES string of the molecule is CCCCC1C(=O)N(C)CCN1C(=O)c1n[nH]c2ccc(OC)cc12. The summed E-state index contributed by atoms with van der Waals surface area (Å²) in [5.41, 5.74) is 1.11. The van der Waals surface area contributed by atoms with Gasteiger partial charge in [-0.1, -0.05) is 19.8 Å². The summed E-state index contributed by atoms with van der Waals surface area (Å²) in [6, 6.07) is 5.04. The molecule has 7 heteroatoms. The number of rotatable bonds is 5. The van der Waals surface area contributed by atoms with Crippen molar-refractivity contribution in [3.8, 4) is 5.75 Å². The highest BCUT2D eigenvalue weighted by Gasteiger charge is 2.37. The summed E-state index contributed by atoms with van der Waals surface area (Å²) in [6.07, 6.45) is 2.57. The predicted molar refractivity (Wildman–Crippen MR) is 94.6 cm³/mol. The summed E-state index contributed by atoms with van der Waals surface area (Å²) < 4.78 is 5.25. The molecule has 3 rings (SSSR count). The molecule has 1 aliphatic heterocycles. The smallest absolute Gasteiger partial charge is 0.275 e. The van der Waals surface area contributed by atoms with Crippen molar-refractivity contribution in [1.82, 2.24) is 20.0 Å². The highest BCUT2D eigenvalue weighted by molar-refractivity contribution is 6.06. The van der Waals surface area contributed by atoms with Crippen molar-refractivity contribution in [2.24, 2.45) is 0 Å².